The second-order valence-electron chi connectivity index (χ2n) is 6.48. The number of benzene rings is 1. The standard InChI is InChI=1S/C18H32N2O/c1-7-17(19)18(20(14(4)5)12-13(2)3)15-9-8-10-16(11-15)21-6/h8-11,13-14,17-18H,7,12,19H2,1-6H3. The van der Waals surface area contributed by atoms with E-state index in [1.165, 1.54) is 5.56 Å². The molecule has 0 aliphatic heterocycles. The number of hydrogen-bond acceptors (Lipinski definition) is 3. The average Bonchev–Trinajstić information content (AvgIpc) is 2.46. The average molecular weight is 292 g/mol. The van der Waals surface area contributed by atoms with Gasteiger partial charge >= 0.3 is 0 Å². The highest BCUT2D eigenvalue weighted by molar-refractivity contribution is 5.31. The Kier molecular flexibility index (Phi) is 7.20. The van der Waals surface area contributed by atoms with Gasteiger partial charge in [0.25, 0.3) is 0 Å². The van der Waals surface area contributed by atoms with Crippen molar-refractivity contribution in [1.29, 1.82) is 0 Å². The summed E-state index contributed by atoms with van der Waals surface area (Å²) in [7, 11) is 1.71. The summed E-state index contributed by atoms with van der Waals surface area (Å²) in [5, 5.41) is 0. The van der Waals surface area contributed by atoms with Gasteiger partial charge < -0.3 is 10.5 Å². The zero-order valence-corrected chi connectivity index (χ0v) is 14.5. The number of rotatable bonds is 8. The molecule has 3 nitrogen and oxygen atoms in total. The molecule has 0 bridgehead atoms. The SMILES string of the molecule is CCC(N)C(c1cccc(OC)c1)N(CC(C)C)C(C)C. The van der Waals surface area contributed by atoms with Crippen LogP contribution in [0.4, 0.5) is 0 Å². The largest absolute Gasteiger partial charge is 0.497 e. The van der Waals surface area contributed by atoms with Crippen LogP contribution in [-0.2, 0) is 0 Å². The molecule has 0 aromatic heterocycles. The number of hydrogen-bond donors (Lipinski definition) is 1. The van der Waals surface area contributed by atoms with Crippen molar-refractivity contribution in [1.82, 2.24) is 4.90 Å². The van der Waals surface area contributed by atoms with Crippen LogP contribution in [0.25, 0.3) is 0 Å². The van der Waals surface area contributed by atoms with Gasteiger partial charge in [0.05, 0.1) is 13.2 Å². The maximum Gasteiger partial charge on any atom is 0.119 e. The van der Waals surface area contributed by atoms with Crippen LogP contribution in [0.1, 0.15) is 52.6 Å². The van der Waals surface area contributed by atoms with Crippen LogP contribution >= 0.6 is 0 Å². The fraction of sp³-hybridized carbons (Fsp3) is 0.667. The van der Waals surface area contributed by atoms with Crippen LogP contribution in [0.5, 0.6) is 5.75 Å². The van der Waals surface area contributed by atoms with Gasteiger partial charge in [-0.3, -0.25) is 4.90 Å². The van der Waals surface area contributed by atoms with E-state index in [0.717, 1.165) is 18.7 Å². The molecule has 0 heterocycles. The molecular weight excluding hydrogens is 260 g/mol. The quantitative estimate of drug-likeness (QED) is 0.791. The van der Waals surface area contributed by atoms with Gasteiger partial charge in [-0.25, -0.2) is 0 Å². The maximum atomic E-state index is 6.47. The lowest BCUT2D eigenvalue weighted by atomic mass is 9.94. The van der Waals surface area contributed by atoms with Crippen LogP contribution < -0.4 is 10.5 Å². The maximum absolute atomic E-state index is 6.47. The van der Waals surface area contributed by atoms with Crippen LogP contribution in [0.2, 0.25) is 0 Å². The molecule has 1 rings (SSSR count). The molecule has 0 aliphatic carbocycles. The zero-order valence-electron chi connectivity index (χ0n) is 14.5. The Morgan fingerprint density at radius 3 is 2.33 bits per heavy atom. The predicted octanol–water partition coefficient (Wildman–Crippen LogP) is 3.84. The van der Waals surface area contributed by atoms with Crippen molar-refractivity contribution in [3.63, 3.8) is 0 Å². The Hall–Kier alpha value is -1.06. The zero-order chi connectivity index (χ0) is 16.0. The van der Waals surface area contributed by atoms with Crippen molar-refractivity contribution < 1.29 is 4.74 Å². The third kappa shape index (κ3) is 5.01. The van der Waals surface area contributed by atoms with Gasteiger partial charge in [-0.1, -0.05) is 32.9 Å². The van der Waals surface area contributed by atoms with Gasteiger partial charge in [0.1, 0.15) is 5.75 Å². The van der Waals surface area contributed by atoms with Crippen molar-refractivity contribution >= 4 is 0 Å². The number of nitrogens with two attached hydrogens (primary N) is 1. The lowest BCUT2D eigenvalue weighted by Crippen LogP contribution is -2.45. The van der Waals surface area contributed by atoms with Crippen LogP contribution in [0, 0.1) is 5.92 Å². The predicted molar refractivity (Wildman–Crippen MR) is 90.7 cm³/mol. The molecule has 21 heavy (non-hydrogen) atoms. The molecule has 0 fully saturated rings. The van der Waals surface area contributed by atoms with E-state index in [1.807, 2.05) is 6.07 Å². The topological polar surface area (TPSA) is 38.5 Å². The molecule has 0 amide bonds. The number of nitrogens with zero attached hydrogens (tertiary/aromatic N) is 1. The van der Waals surface area contributed by atoms with E-state index < -0.39 is 0 Å². The Balaban J connectivity index is 3.18. The highest BCUT2D eigenvalue weighted by atomic mass is 16.5. The molecule has 0 radical (unpaired) electrons. The first-order valence-electron chi connectivity index (χ1n) is 8.05. The minimum Gasteiger partial charge on any atom is -0.497 e. The molecule has 0 spiro atoms. The van der Waals surface area contributed by atoms with Crippen molar-refractivity contribution in [2.75, 3.05) is 13.7 Å². The van der Waals surface area contributed by atoms with Crippen LogP contribution in [-0.4, -0.2) is 30.6 Å². The summed E-state index contributed by atoms with van der Waals surface area (Å²) in [6, 6.07) is 9.14. The minimum atomic E-state index is 0.123. The molecule has 3 heteroatoms. The molecule has 1 aromatic carbocycles. The van der Waals surface area contributed by atoms with Gasteiger partial charge in [0.15, 0.2) is 0 Å². The summed E-state index contributed by atoms with van der Waals surface area (Å²) < 4.78 is 5.38. The van der Waals surface area contributed by atoms with Gasteiger partial charge in [-0.15, -0.1) is 0 Å². The highest BCUT2D eigenvalue weighted by Gasteiger charge is 2.28. The van der Waals surface area contributed by atoms with Crippen LogP contribution in [0.15, 0.2) is 24.3 Å². The molecule has 0 aliphatic rings. The van der Waals surface area contributed by atoms with E-state index in [4.69, 9.17) is 10.5 Å². The normalized spacial score (nSPS) is 14.8. The van der Waals surface area contributed by atoms with E-state index in [0.29, 0.717) is 12.0 Å². The van der Waals surface area contributed by atoms with Gasteiger partial charge in [0.2, 0.25) is 0 Å². The second kappa shape index (κ2) is 8.40. The molecule has 2 N–H and O–H groups in total. The fourth-order valence-corrected chi connectivity index (χ4v) is 2.80. The monoisotopic (exact) mass is 292 g/mol. The molecular formula is C18H32N2O. The van der Waals surface area contributed by atoms with E-state index >= 15 is 0 Å². The summed E-state index contributed by atoms with van der Waals surface area (Å²) in [5.41, 5.74) is 7.72. The summed E-state index contributed by atoms with van der Waals surface area (Å²) in [4.78, 5) is 2.52. The van der Waals surface area contributed by atoms with Crippen molar-refractivity contribution in [2.45, 2.75) is 59.2 Å². The number of ether oxygens (including phenoxy) is 1. The first kappa shape index (κ1) is 18.0. The highest BCUT2D eigenvalue weighted by Crippen LogP contribution is 2.30. The van der Waals surface area contributed by atoms with Crippen LogP contribution in [0.3, 0.4) is 0 Å². The van der Waals surface area contributed by atoms with E-state index in [2.05, 4.69) is 57.7 Å². The van der Waals surface area contributed by atoms with E-state index in [1.54, 1.807) is 7.11 Å². The second-order valence-corrected chi connectivity index (χ2v) is 6.48. The van der Waals surface area contributed by atoms with E-state index in [-0.39, 0.29) is 12.1 Å². The molecule has 2 unspecified atom stereocenters. The fourth-order valence-electron chi connectivity index (χ4n) is 2.80. The van der Waals surface area contributed by atoms with Crippen molar-refractivity contribution in [3.05, 3.63) is 29.8 Å². The first-order valence-corrected chi connectivity index (χ1v) is 8.05. The third-order valence-corrected chi connectivity index (χ3v) is 3.91. The van der Waals surface area contributed by atoms with Crippen molar-refractivity contribution in [3.8, 4) is 5.75 Å². The van der Waals surface area contributed by atoms with E-state index in [9.17, 15) is 0 Å². The summed E-state index contributed by atoms with van der Waals surface area (Å²) in [6.07, 6.45) is 0.961. The summed E-state index contributed by atoms with van der Waals surface area (Å²) >= 11 is 0. The third-order valence-electron chi connectivity index (χ3n) is 3.91. The minimum absolute atomic E-state index is 0.123. The van der Waals surface area contributed by atoms with Gasteiger partial charge in [-0.2, -0.15) is 0 Å². The van der Waals surface area contributed by atoms with Gasteiger partial charge in [0, 0.05) is 18.6 Å². The van der Waals surface area contributed by atoms with Gasteiger partial charge in [-0.05, 0) is 43.9 Å². The molecule has 120 valence electrons. The summed E-state index contributed by atoms with van der Waals surface area (Å²) in [6.45, 7) is 12.2. The molecule has 1 aromatic rings. The Labute approximate surface area is 130 Å². The number of methoxy groups -OCH3 is 1. The molecule has 2 atom stereocenters. The Bertz CT molecular complexity index is 417. The smallest absolute Gasteiger partial charge is 0.119 e. The lowest BCUT2D eigenvalue weighted by molar-refractivity contribution is 0.114. The Morgan fingerprint density at radius 2 is 1.86 bits per heavy atom. The summed E-state index contributed by atoms with van der Waals surface area (Å²) in [5.74, 6) is 1.51. The molecule has 0 saturated carbocycles. The molecule has 0 saturated heterocycles. The Morgan fingerprint density at radius 1 is 1.19 bits per heavy atom. The van der Waals surface area contributed by atoms with Crippen molar-refractivity contribution in [2.24, 2.45) is 11.7 Å². The lowest BCUT2D eigenvalue weighted by Gasteiger charge is -2.39. The first-order chi connectivity index (χ1) is 9.90.